The van der Waals surface area contributed by atoms with Gasteiger partial charge in [-0.15, -0.1) is 0 Å². The minimum absolute atomic E-state index is 0.163. The molecule has 78 valence electrons. The van der Waals surface area contributed by atoms with Crippen LogP contribution in [0, 0.1) is 0 Å². The predicted octanol–water partition coefficient (Wildman–Crippen LogP) is 0.864. The molecule has 0 heterocycles. The molecule has 0 fully saturated rings. The number of likely N-dealkylation sites (N-methyl/N-ethyl adjacent to an activating group) is 1. The van der Waals surface area contributed by atoms with Gasteiger partial charge in [0.15, 0.2) is 0 Å². The fraction of sp³-hybridized carbons (Fsp3) is 0.889. The number of rotatable bonds is 7. The molecule has 0 unspecified atom stereocenters. The molecule has 0 saturated heterocycles. The third-order valence-electron chi connectivity index (χ3n) is 1.61. The normalized spacial score (nSPS) is 13.2. The van der Waals surface area contributed by atoms with E-state index in [1.807, 2.05) is 20.8 Å². The van der Waals surface area contributed by atoms with E-state index in [0.717, 1.165) is 0 Å². The number of nitrogens with one attached hydrogen (secondary N) is 1. The molecule has 0 amide bonds. The van der Waals surface area contributed by atoms with Crippen molar-refractivity contribution in [3.8, 4) is 0 Å². The molecule has 0 saturated carbocycles. The van der Waals surface area contributed by atoms with Crippen molar-refractivity contribution < 1.29 is 14.6 Å². The maximum absolute atomic E-state index is 10.6. The summed E-state index contributed by atoms with van der Waals surface area (Å²) in [6, 6.07) is -0.483. The Morgan fingerprint density at radius 1 is 1.54 bits per heavy atom. The van der Waals surface area contributed by atoms with Crippen molar-refractivity contribution in [3.05, 3.63) is 0 Å². The van der Waals surface area contributed by atoms with E-state index in [9.17, 15) is 4.79 Å². The van der Waals surface area contributed by atoms with Gasteiger partial charge in [0.2, 0.25) is 0 Å². The van der Waals surface area contributed by atoms with Crippen LogP contribution in [0.2, 0.25) is 0 Å². The Morgan fingerprint density at radius 2 is 2.15 bits per heavy atom. The molecular formula is C9H19NO3. The van der Waals surface area contributed by atoms with Crippen molar-refractivity contribution in [1.82, 2.24) is 5.32 Å². The van der Waals surface area contributed by atoms with Gasteiger partial charge in [-0.2, -0.15) is 0 Å². The first-order valence-corrected chi connectivity index (χ1v) is 4.65. The second kappa shape index (κ2) is 6.86. The van der Waals surface area contributed by atoms with Crippen molar-refractivity contribution in [2.24, 2.45) is 0 Å². The zero-order chi connectivity index (χ0) is 10.3. The number of carboxylic acid groups (broad SMARTS) is 1. The van der Waals surface area contributed by atoms with E-state index in [-0.39, 0.29) is 6.10 Å². The molecule has 0 spiro atoms. The van der Waals surface area contributed by atoms with Gasteiger partial charge in [0.1, 0.15) is 6.04 Å². The van der Waals surface area contributed by atoms with Gasteiger partial charge in [-0.3, -0.25) is 4.79 Å². The zero-order valence-corrected chi connectivity index (χ0v) is 8.54. The molecule has 0 aliphatic heterocycles. The Balaban J connectivity index is 3.63. The van der Waals surface area contributed by atoms with Crippen LogP contribution in [0.5, 0.6) is 0 Å². The minimum Gasteiger partial charge on any atom is -0.480 e. The van der Waals surface area contributed by atoms with Crippen molar-refractivity contribution >= 4 is 5.97 Å². The van der Waals surface area contributed by atoms with Gasteiger partial charge in [0, 0.05) is 6.61 Å². The van der Waals surface area contributed by atoms with Gasteiger partial charge in [0.05, 0.1) is 6.10 Å². The number of hydrogen-bond acceptors (Lipinski definition) is 3. The maximum Gasteiger partial charge on any atom is 0.320 e. The molecule has 0 radical (unpaired) electrons. The van der Waals surface area contributed by atoms with Crippen LogP contribution < -0.4 is 5.32 Å². The Morgan fingerprint density at radius 3 is 2.54 bits per heavy atom. The molecule has 2 N–H and O–H groups in total. The third-order valence-corrected chi connectivity index (χ3v) is 1.61. The second-order valence-corrected chi connectivity index (χ2v) is 3.16. The number of hydrogen-bond donors (Lipinski definition) is 2. The molecule has 0 aromatic heterocycles. The largest absolute Gasteiger partial charge is 0.480 e. The topological polar surface area (TPSA) is 58.6 Å². The van der Waals surface area contributed by atoms with Crippen molar-refractivity contribution in [2.75, 3.05) is 13.2 Å². The van der Waals surface area contributed by atoms with Gasteiger partial charge in [0.25, 0.3) is 0 Å². The van der Waals surface area contributed by atoms with E-state index in [1.54, 1.807) is 0 Å². The van der Waals surface area contributed by atoms with Crippen molar-refractivity contribution in [1.29, 1.82) is 0 Å². The van der Waals surface area contributed by atoms with Gasteiger partial charge in [-0.1, -0.05) is 6.92 Å². The summed E-state index contributed by atoms with van der Waals surface area (Å²) in [6.07, 6.45) is 0.678. The minimum atomic E-state index is -0.811. The molecule has 0 aromatic rings. The number of ether oxygens (including phenoxy) is 1. The summed E-state index contributed by atoms with van der Waals surface area (Å²) in [5, 5.41) is 11.6. The highest BCUT2D eigenvalue weighted by Gasteiger charge is 2.15. The third kappa shape index (κ3) is 6.54. The quantitative estimate of drug-likeness (QED) is 0.623. The van der Waals surface area contributed by atoms with Crippen LogP contribution in [0.1, 0.15) is 27.2 Å². The Bertz CT molecular complexity index is 148. The summed E-state index contributed by atoms with van der Waals surface area (Å²) < 4.78 is 5.27. The van der Waals surface area contributed by atoms with Crippen LogP contribution >= 0.6 is 0 Å². The van der Waals surface area contributed by atoms with E-state index in [0.29, 0.717) is 19.6 Å². The molecule has 1 atom stereocenters. The molecule has 4 heteroatoms. The molecule has 0 bridgehead atoms. The highest BCUT2D eigenvalue weighted by Crippen LogP contribution is 1.96. The first-order chi connectivity index (χ1) is 6.07. The van der Waals surface area contributed by atoms with Crippen LogP contribution in [0.3, 0.4) is 0 Å². The molecule has 4 nitrogen and oxygen atoms in total. The average Bonchev–Trinajstić information content (AvgIpc) is 2.02. The highest BCUT2D eigenvalue weighted by atomic mass is 16.5. The molecule has 0 aliphatic carbocycles. The summed E-state index contributed by atoms with van der Waals surface area (Å²) in [5.74, 6) is -0.811. The van der Waals surface area contributed by atoms with Gasteiger partial charge in [-0.25, -0.2) is 0 Å². The van der Waals surface area contributed by atoms with Crippen LogP contribution in [-0.2, 0) is 9.53 Å². The lowest BCUT2D eigenvalue weighted by Gasteiger charge is -2.14. The first kappa shape index (κ1) is 12.4. The summed E-state index contributed by atoms with van der Waals surface area (Å²) in [5.41, 5.74) is 0. The summed E-state index contributed by atoms with van der Waals surface area (Å²) in [6.45, 7) is 6.91. The lowest BCUT2D eigenvalue weighted by Crippen LogP contribution is -2.37. The lowest BCUT2D eigenvalue weighted by atomic mass is 10.2. The van der Waals surface area contributed by atoms with Crippen LogP contribution in [0.25, 0.3) is 0 Å². The number of carboxylic acids is 1. The van der Waals surface area contributed by atoms with E-state index >= 15 is 0 Å². The van der Waals surface area contributed by atoms with Crippen molar-refractivity contribution in [2.45, 2.75) is 39.3 Å². The number of carbonyl (C=O) groups is 1. The van der Waals surface area contributed by atoms with E-state index in [4.69, 9.17) is 9.84 Å². The van der Waals surface area contributed by atoms with Crippen LogP contribution in [0.15, 0.2) is 0 Å². The fourth-order valence-corrected chi connectivity index (χ4v) is 0.981. The summed E-state index contributed by atoms with van der Waals surface area (Å²) >= 11 is 0. The fourth-order valence-electron chi connectivity index (χ4n) is 0.981. The molecule has 0 aromatic carbocycles. The van der Waals surface area contributed by atoms with Gasteiger partial charge in [-0.05, 0) is 26.8 Å². The monoisotopic (exact) mass is 189 g/mol. The maximum atomic E-state index is 10.6. The van der Waals surface area contributed by atoms with Crippen molar-refractivity contribution in [3.63, 3.8) is 0 Å². The van der Waals surface area contributed by atoms with Crippen LogP contribution in [0.4, 0.5) is 0 Å². The molecule has 0 rings (SSSR count). The van der Waals surface area contributed by atoms with E-state index in [2.05, 4.69) is 5.32 Å². The molecule has 13 heavy (non-hydrogen) atoms. The van der Waals surface area contributed by atoms with Gasteiger partial charge >= 0.3 is 5.97 Å². The zero-order valence-electron chi connectivity index (χ0n) is 8.54. The Labute approximate surface area is 79.3 Å². The lowest BCUT2D eigenvalue weighted by molar-refractivity contribution is -0.140. The standard InChI is InChI=1S/C9H19NO3/c1-4-10-8(9(11)12)5-6-13-7(2)3/h7-8,10H,4-6H2,1-3H3,(H,11,12)/t8-/m0/s1. The Hall–Kier alpha value is -0.610. The number of aliphatic carboxylic acids is 1. The van der Waals surface area contributed by atoms with Crippen LogP contribution in [-0.4, -0.2) is 36.4 Å². The van der Waals surface area contributed by atoms with E-state index < -0.39 is 12.0 Å². The summed E-state index contributed by atoms with van der Waals surface area (Å²) in [7, 11) is 0. The predicted molar refractivity (Wildman–Crippen MR) is 50.8 cm³/mol. The summed E-state index contributed by atoms with van der Waals surface area (Å²) in [4.78, 5) is 10.6. The Kier molecular flexibility index (Phi) is 6.54. The smallest absolute Gasteiger partial charge is 0.320 e. The molecular weight excluding hydrogens is 170 g/mol. The van der Waals surface area contributed by atoms with Gasteiger partial charge < -0.3 is 15.2 Å². The molecule has 0 aliphatic rings. The highest BCUT2D eigenvalue weighted by molar-refractivity contribution is 5.73. The SMILES string of the molecule is CCN[C@@H](CCOC(C)C)C(=O)O. The second-order valence-electron chi connectivity index (χ2n) is 3.16. The first-order valence-electron chi connectivity index (χ1n) is 4.65. The average molecular weight is 189 g/mol. The van der Waals surface area contributed by atoms with E-state index in [1.165, 1.54) is 0 Å².